The van der Waals surface area contributed by atoms with Crippen LogP contribution in [0.15, 0.2) is 0 Å². The number of rotatable bonds is 9. The van der Waals surface area contributed by atoms with Crippen molar-refractivity contribution >= 4 is 5.91 Å². The highest BCUT2D eigenvalue weighted by molar-refractivity contribution is 5.78. The zero-order chi connectivity index (χ0) is 13.4. The lowest BCUT2D eigenvalue weighted by atomic mass is 9.88. The second kappa shape index (κ2) is 8.52. The fourth-order valence-corrected chi connectivity index (χ4v) is 2.28. The van der Waals surface area contributed by atoms with Crippen molar-refractivity contribution in [2.45, 2.75) is 52.9 Å². The van der Waals surface area contributed by atoms with Crippen molar-refractivity contribution in [3.63, 3.8) is 0 Å². The van der Waals surface area contributed by atoms with E-state index in [0.29, 0.717) is 5.92 Å². The van der Waals surface area contributed by atoms with Gasteiger partial charge in [0.25, 0.3) is 0 Å². The zero-order valence-corrected chi connectivity index (χ0v) is 12.3. The molecule has 0 aromatic carbocycles. The first kappa shape index (κ1) is 15.5. The van der Waals surface area contributed by atoms with Crippen molar-refractivity contribution in [1.82, 2.24) is 10.6 Å². The van der Waals surface area contributed by atoms with Gasteiger partial charge in [0, 0.05) is 12.5 Å². The summed E-state index contributed by atoms with van der Waals surface area (Å²) in [5.41, 5.74) is 0. The molecule has 1 aliphatic rings. The van der Waals surface area contributed by atoms with Crippen LogP contribution in [-0.2, 0) is 4.79 Å². The first-order chi connectivity index (χ1) is 8.61. The van der Waals surface area contributed by atoms with E-state index in [2.05, 4.69) is 24.5 Å². The molecule has 0 saturated carbocycles. The average molecular weight is 254 g/mol. The number of nitrogens with one attached hydrogen (secondary N) is 2. The number of hydrogen-bond donors (Lipinski definition) is 2. The highest BCUT2D eigenvalue weighted by Crippen LogP contribution is 2.15. The molecule has 106 valence electrons. The van der Waals surface area contributed by atoms with Crippen molar-refractivity contribution in [1.29, 1.82) is 0 Å². The van der Waals surface area contributed by atoms with Gasteiger partial charge >= 0.3 is 0 Å². The fraction of sp³-hybridized carbons (Fsp3) is 0.933. The second-order valence-corrected chi connectivity index (χ2v) is 6.09. The third kappa shape index (κ3) is 5.85. The summed E-state index contributed by atoms with van der Waals surface area (Å²) in [5.74, 6) is 1.79. The number of carbonyl (C=O) groups is 1. The molecule has 0 radical (unpaired) electrons. The molecular weight excluding hydrogens is 224 g/mol. The topological polar surface area (TPSA) is 41.1 Å². The zero-order valence-electron chi connectivity index (χ0n) is 12.3. The van der Waals surface area contributed by atoms with Crippen LogP contribution in [0, 0.1) is 17.8 Å². The quantitative estimate of drug-likeness (QED) is 0.621. The van der Waals surface area contributed by atoms with Gasteiger partial charge in [-0.15, -0.1) is 0 Å². The summed E-state index contributed by atoms with van der Waals surface area (Å²) in [4.78, 5) is 11.8. The molecule has 18 heavy (non-hydrogen) atoms. The summed E-state index contributed by atoms with van der Waals surface area (Å²) < 4.78 is 0. The third-order valence-corrected chi connectivity index (χ3v) is 3.94. The van der Waals surface area contributed by atoms with Crippen molar-refractivity contribution in [2.75, 3.05) is 19.6 Å². The molecule has 0 aromatic rings. The molecule has 1 amide bonds. The molecule has 1 unspecified atom stereocenters. The van der Waals surface area contributed by atoms with Crippen LogP contribution in [0.2, 0.25) is 0 Å². The highest BCUT2D eigenvalue weighted by atomic mass is 16.1. The Kier molecular flexibility index (Phi) is 7.33. The SMILES string of the molecule is CC(C)CCCCCCNC(=O)C(C)C1CNC1. The molecule has 0 spiro atoms. The average Bonchev–Trinajstić information content (AvgIpc) is 2.24. The molecule has 1 aliphatic heterocycles. The Bertz CT molecular complexity index is 237. The minimum Gasteiger partial charge on any atom is -0.356 e. The summed E-state index contributed by atoms with van der Waals surface area (Å²) in [6.07, 6.45) is 6.33. The number of unbranched alkanes of at least 4 members (excludes halogenated alkanes) is 3. The number of carbonyl (C=O) groups excluding carboxylic acids is 1. The predicted octanol–water partition coefficient (Wildman–Crippen LogP) is 2.56. The van der Waals surface area contributed by atoms with E-state index < -0.39 is 0 Å². The molecule has 0 aromatic heterocycles. The van der Waals surface area contributed by atoms with Gasteiger partial charge in [-0.2, -0.15) is 0 Å². The third-order valence-electron chi connectivity index (χ3n) is 3.94. The first-order valence-electron chi connectivity index (χ1n) is 7.59. The van der Waals surface area contributed by atoms with Crippen molar-refractivity contribution in [3.05, 3.63) is 0 Å². The van der Waals surface area contributed by atoms with Gasteiger partial charge in [0.15, 0.2) is 0 Å². The Balaban J connectivity index is 1.92. The van der Waals surface area contributed by atoms with Crippen LogP contribution < -0.4 is 10.6 Å². The smallest absolute Gasteiger partial charge is 0.223 e. The lowest BCUT2D eigenvalue weighted by molar-refractivity contribution is -0.126. The fourth-order valence-electron chi connectivity index (χ4n) is 2.28. The van der Waals surface area contributed by atoms with E-state index in [1.807, 2.05) is 6.92 Å². The van der Waals surface area contributed by atoms with E-state index in [9.17, 15) is 4.79 Å². The van der Waals surface area contributed by atoms with Crippen LogP contribution in [0.3, 0.4) is 0 Å². The van der Waals surface area contributed by atoms with Gasteiger partial charge in [-0.05, 0) is 31.3 Å². The van der Waals surface area contributed by atoms with Crippen LogP contribution in [0.1, 0.15) is 52.9 Å². The minimum atomic E-state index is 0.173. The molecule has 1 atom stereocenters. The first-order valence-corrected chi connectivity index (χ1v) is 7.59. The highest BCUT2D eigenvalue weighted by Gasteiger charge is 2.28. The normalized spacial score (nSPS) is 17.6. The molecular formula is C15H30N2O. The van der Waals surface area contributed by atoms with Crippen molar-refractivity contribution < 1.29 is 4.79 Å². The Labute approximate surface area is 112 Å². The summed E-state index contributed by atoms with van der Waals surface area (Å²) in [5, 5.41) is 6.28. The van der Waals surface area contributed by atoms with Gasteiger partial charge in [0.05, 0.1) is 0 Å². The van der Waals surface area contributed by atoms with Gasteiger partial charge in [-0.3, -0.25) is 4.79 Å². The number of amides is 1. The van der Waals surface area contributed by atoms with Crippen molar-refractivity contribution in [2.24, 2.45) is 17.8 Å². The Morgan fingerprint density at radius 3 is 2.39 bits per heavy atom. The summed E-state index contributed by atoms with van der Waals surface area (Å²) in [7, 11) is 0. The van der Waals surface area contributed by atoms with Crippen LogP contribution in [0.4, 0.5) is 0 Å². The van der Waals surface area contributed by atoms with E-state index in [1.54, 1.807) is 0 Å². The molecule has 0 bridgehead atoms. The molecule has 3 heteroatoms. The Morgan fingerprint density at radius 1 is 1.17 bits per heavy atom. The Morgan fingerprint density at radius 2 is 1.83 bits per heavy atom. The van der Waals surface area contributed by atoms with Crippen LogP contribution in [0.5, 0.6) is 0 Å². The van der Waals surface area contributed by atoms with Gasteiger partial charge < -0.3 is 10.6 Å². The lowest BCUT2D eigenvalue weighted by Gasteiger charge is -2.31. The molecule has 1 heterocycles. The molecule has 0 aliphatic carbocycles. The van der Waals surface area contributed by atoms with Gasteiger partial charge in [0.1, 0.15) is 0 Å². The van der Waals surface area contributed by atoms with Crippen LogP contribution in [-0.4, -0.2) is 25.5 Å². The maximum absolute atomic E-state index is 11.8. The predicted molar refractivity (Wildman–Crippen MR) is 76.5 cm³/mol. The largest absolute Gasteiger partial charge is 0.356 e. The summed E-state index contributed by atoms with van der Waals surface area (Å²) in [6.45, 7) is 9.45. The standard InChI is InChI=1S/C15H30N2O/c1-12(2)8-6-4-5-7-9-17-15(18)13(3)14-10-16-11-14/h12-14,16H,4-11H2,1-3H3,(H,17,18). The van der Waals surface area contributed by atoms with E-state index in [4.69, 9.17) is 0 Å². The lowest BCUT2D eigenvalue weighted by Crippen LogP contribution is -2.49. The second-order valence-electron chi connectivity index (χ2n) is 6.09. The molecule has 3 nitrogen and oxygen atoms in total. The minimum absolute atomic E-state index is 0.173. The summed E-state index contributed by atoms with van der Waals surface area (Å²) >= 11 is 0. The summed E-state index contributed by atoms with van der Waals surface area (Å²) in [6, 6.07) is 0. The van der Waals surface area contributed by atoms with E-state index in [1.165, 1.54) is 25.7 Å². The molecule has 1 rings (SSSR count). The molecule has 1 saturated heterocycles. The monoisotopic (exact) mass is 254 g/mol. The van der Waals surface area contributed by atoms with Crippen molar-refractivity contribution in [3.8, 4) is 0 Å². The van der Waals surface area contributed by atoms with Gasteiger partial charge in [-0.1, -0.05) is 46.5 Å². The maximum Gasteiger partial charge on any atom is 0.223 e. The van der Waals surface area contributed by atoms with Gasteiger partial charge in [0.2, 0.25) is 5.91 Å². The number of hydrogen-bond acceptors (Lipinski definition) is 2. The molecule has 2 N–H and O–H groups in total. The molecule has 1 fully saturated rings. The van der Waals surface area contributed by atoms with E-state index in [-0.39, 0.29) is 11.8 Å². The maximum atomic E-state index is 11.8. The van der Waals surface area contributed by atoms with Crippen LogP contribution in [0.25, 0.3) is 0 Å². The Hall–Kier alpha value is -0.570. The van der Waals surface area contributed by atoms with Crippen LogP contribution >= 0.6 is 0 Å². The van der Waals surface area contributed by atoms with E-state index in [0.717, 1.165) is 32.0 Å². The van der Waals surface area contributed by atoms with Gasteiger partial charge in [-0.25, -0.2) is 0 Å². The van der Waals surface area contributed by atoms with E-state index >= 15 is 0 Å².